The van der Waals surface area contributed by atoms with E-state index in [-0.39, 0.29) is 18.1 Å². The number of carboxylic acids is 1. The summed E-state index contributed by atoms with van der Waals surface area (Å²) in [5.41, 5.74) is -0.419. The van der Waals surface area contributed by atoms with E-state index < -0.39 is 29.6 Å². The molecule has 1 fully saturated rings. The molecule has 1 saturated carbocycles. The molecule has 1 aliphatic rings. The first kappa shape index (κ1) is 28.1. The van der Waals surface area contributed by atoms with E-state index in [1.807, 2.05) is 6.92 Å². The number of ketones is 1. The predicted octanol–water partition coefficient (Wildman–Crippen LogP) is 4.07. The molecule has 9 nitrogen and oxygen atoms in total. The van der Waals surface area contributed by atoms with Crippen LogP contribution in [0.25, 0.3) is 0 Å². The molecule has 1 aliphatic carbocycles. The van der Waals surface area contributed by atoms with E-state index in [4.69, 9.17) is 16.3 Å². The highest BCUT2D eigenvalue weighted by Crippen LogP contribution is 2.42. The van der Waals surface area contributed by atoms with Crippen LogP contribution in [0.4, 0.5) is 4.79 Å². The van der Waals surface area contributed by atoms with Crippen molar-refractivity contribution in [3.63, 3.8) is 0 Å². The molecule has 0 spiro atoms. The number of nitrogens with zero attached hydrogens (tertiary/aromatic N) is 2. The van der Waals surface area contributed by atoms with Crippen molar-refractivity contribution in [2.24, 2.45) is 0 Å². The highest BCUT2D eigenvalue weighted by atomic mass is 35.5. The van der Waals surface area contributed by atoms with Crippen LogP contribution in [0.15, 0.2) is 48.8 Å². The summed E-state index contributed by atoms with van der Waals surface area (Å²) in [7, 11) is 1.53. The summed E-state index contributed by atoms with van der Waals surface area (Å²) in [5.74, 6) is -1.72. The number of aromatic nitrogens is 1. The van der Waals surface area contributed by atoms with Gasteiger partial charge in [0, 0.05) is 30.1 Å². The number of ether oxygens (including phenoxy) is 1. The molecule has 10 heteroatoms. The number of pyridine rings is 1. The van der Waals surface area contributed by atoms with Crippen LogP contribution in [0.2, 0.25) is 5.02 Å². The number of Topliss-reactive ketones (excluding diaryl/α,β-unsaturated/α-hetero) is 1. The third kappa shape index (κ3) is 6.46. The van der Waals surface area contributed by atoms with Crippen LogP contribution < -0.4 is 9.88 Å². The van der Waals surface area contributed by atoms with Crippen LogP contribution in [0.5, 0.6) is 0 Å². The molecular weight excluding hydrogens is 498 g/mol. The van der Waals surface area contributed by atoms with Gasteiger partial charge in [-0.05, 0) is 37.8 Å². The Bertz CT molecular complexity index is 1160. The minimum atomic E-state index is -1.22. The fourth-order valence-corrected chi connectivity index (χ4v) is 4.95. The fraction of sp³-hybridized carbons (Fsp3) is 0.444. The van der Waals surface area contributed by atoms with E-state index in [2.05, 4.69) is 5.32 Å². The molecule has 0 bridgehead atoms. The number of carbonyl (C=O) groups is 4. The lowest BCUT2D eigenvalue weighted by Gasteiger charge is -2.43. The van der Waals surface area contributed by atoms with E-state index in [0.717, 1.165) is 19.3 Å². The topological polar surface area (TPSA) is 117 Å². The maximum atomic E-state index is 13.2. The number of likely N-dealkylation sites (N-methyl/N-ethyl adjacent to an activating group) is 1. The minimum absolute atomic E-state index is 0.0892. The monoisotopic (exact) mass is 530 g/mol. The molecule has 1 heterocycles. The Kier molecular flexibility index (Phi) is 9.63. The van der Waals surface area contributed by atoms with Crippen molar-refractivity contribution < 1.29 is 33.6 Å². The van der Waals surface area contributed by atoms with E-state index in [1.54, 1.807) is 42.6 Å². The van der Waals surface area contributed by atoms with Crippen LogP contribution in [-0.4, -0.2) is 46.8 Å². The number of halogens is 1. The second-order valence-electron chi connectivity index (χ2n) is 9.18. The number of aliphatic carboxylic acids is 1. The van der Waals surface area contributed by atoms with Gasteiger partial charge in [-0.25, -0.2) is 9.59 Å². The second-order valence-corrected chi connectivity index (χ2v) is 9.59. The summed E-state index contributed by atoms with van der Waals surface area (Å²) in [5, 5.41) is 12.3. The fourth-order valence-electron chi connectivity index (χ4n) is 4.66. The Morgan fingerprint density at radius 2 is 1.97 bits per heavy atom. The third-order valence-corrected chi connectivity index (χ3v) is 7.06. The summed E-state index contributed by atoms with van der Waals surface area (Å²) < 4.78 is 7.01. The number of hydrogen-bond acceptors (Lipinski definition) is 5. The average molecular weight is 531 g/mol. The number of nitrogens with one attached hydrogen (secondary N) is 1. The standard InChI is InChI=1S/C27H32ClN3O6/c1-3-4-13-22(25(34)35)29-24(33)19-10-9-16-31(17-19)18-37-26(36)30(2)27(15-8-7-14-23(27)32)20-11-5-6-12-21(20)28/h5-6,9-12,16-17,22H,3-4,7-8,13-15,18H2,1-2H3,(H-,29,33,34,35)/p+1/t22-,27?/m0/s1. The summed E-state index contributed by atoms with van der Waals surface area (Å²) in [4.78, 5) is 51.8. The second kappa shape index (κ2) is 12.7. The van der Waals surface area contributed by atoms with E-state index in [1.165, 1.54) is 22.7 Å². The first-order valence-electron chi connectivity index (χ1n) is 12.4. The van der Waals surface area contributed by atoms with Gasteiger partial charge >= 0.3 is 12.1 Å². The van der Waals surface area contributed by atoms with Crippen molar-refractivity contribution in [3.05, 3.63) is 64.9 Å². The van der Waals surface area contributed by atoms with Crippen molar-refractivity contribution in [3.8, 4) is 0 Å². The summed E-state index contributed by atoms with van der Waals surface area (Å²) in [6.45, 7) is 1.73. The maximum absolute atomic E-state index is 13.2. The van der Waals surface area contributed by atoms with Gasteiger partial charge in [-0.3, -0.25) is 14.5 Å². The molecule has 198 valence electrons. The SMILES string of the molecule is CCCC[C@H](NC(=O)c1ccc[n+](COC(=O)N(C)C2(c3ccccc3Cl)CCCCC2=O)c1)C(=O)O. The van der Waals surface area contributed by atoms with Crippen LogP contribution in [0.3, 0.4) is 0 Å². The highest BCUT2D eigenvalue weighted by Gasteiger charge is 2.48. The lowest BCUT2D eigenvalue weighted by atomic mass is 9.74. The van der Waals surface area contributed by atoms with Crippen molar-refractivity contribution in [2.75, 3.05) is 7.05 Å². The molecule has 2 N–H and O–H groups in total. The van der Waals surface area contributed by atoms with Gasteiger partial charge in [-0.2, -0.15) is 4.57 Å². The molecule has 37 heavy (non-hydrogen) atoms. The lowest BCUT2D eigenvalue weighted by molar-refractivity contribution is -0.727. The molecule has 2 aromatic rings. The number of carbonyl (C=O) groups excluding carboxylic acids is 3. The Balaban J connectivity index is 1.73. The number of rotatable bonds is 10. The molecule has 0 saturated heterocycles. The minimum Gasteiger partial charge on any atom is -0.480 e. The van der Waals surface area contributed by atoms with Gasteiger partial charge in [0.25, 0.3) is 12.6 Å². The molecule has 2 amide bonds. The third-order valence-electron chi connectivity index (χ3n) is 6.73. The smallest absolute Gasteiger partial charge is 0.415 e. The Morgan fingerprint density at radius 3 is 2.65 bits per heavy atom. The molecule has 1 aromatic heterocycles. The van der Waals surface area contributed by atoms with Gasteiger partial charge in [0.2, 0.25) is 0 Å². The van der Waals surface area contributed by atoms with Gasteiger partial charge in [-0.1, -0.05) is 49.6 Å². The van der Waals surface area contributed by atoms with E-state index in [9.17, 15) is 24.3 Å². The highest BCUT2D eigenvalue weighted by molar-refractivity contribution is 6.31. The average Bonchev–Trinajstić information content (AvgIpc) is 2.90. The molecule has 0 aliphatic heterocycles. The summed E-state index contributed by atoms with van der Waals surface area (Å²) >= 11 is 6.45. The first-order chi connectivity index (χ1) is 17.7. The van der Waals surface area contributed by atoms with E-state index in [0.29, 0.717) is 36.3 Å². The van der Waals surface area contributed by atoms with Gasteiger partial charge in [0.15, 0.2) is 18.2 Å². The number of amides is 2. The molecule has 0 radical (unpaired) electrons. The zero-order valence-corrected chi connectivity index (χ0v) is 21.9. The maximum Gasteiger partial charge on any atom is 0.415 e. The number of unbranched alkanes of at least 4 members (excludes halogenated alkanes) is 1. The zero-order chi connectivity index (χ0) is 27.0. The van der Waals surface area contributed by atoms with Crippen LogP contribution in [0, 0.1) is 0 Å². The van der Waals surface area contributed by atoms with Crippen molar-refractivity contribution in [2.45, 2.75) is 70.2 Å². The first-order valence-corrected chi connectivity index (χ1v) is 12.8. The zero-order valence-electron chi connectivity index (χ0n) is 21.1. The van der Waals surface area contributed by atoms with E-state index >= 15 is 0 Å². The normalized spacial score (nSPS) is 18.1. The largest absolute Gasteiger partial charge is 0.480 e. The molecular formula is C27H33ClN3O6+. The number of benzene rings is 1. The van der Waals surface area contributed by atoms with Crippen LogP contribution in [0.1, 0.15) is 67.8 Å². The Labute approximate surface area is 221 Å². The quantitative estimate of drug-likeness (QED) is 0.447. The van der Waals surface area contributed by atoms with Crippen molar-refractivity contribution >= 4 is 35.4 Å². The molecule has 3 rings (SSSR count). The van der Waals surface area contributed by atoms with Crippen LogP contribution in [-0.2, 0) is 26.6 Å². The van der Waals surface area contributed by atoms with Crippen molar-refractivity contribution in [1.29, 1.82) is 0 Å². The Hall–Kier alpha value is -3.46. The van der Waals surface area contributed by atoms with Gasteiger partial charge < -0.3 is 15.2 Å². The predicted molar refractivity (Wildman–Crippen MR) is 136 cm³/mol. The molecule has 2 atom stereocenters. The van der Waals surface area contributed by atoms with Gasteiger partial charge in [0.1, 0.15) is 17.1 Å². The molecule has 1 unspecified atom stereocenters. The van der Waals surface area contributed by atoms with Crippen molar-refractivity contribution in [1.82, 2.24) is 10.2 Å². The summed E-state index contributed by atoms with van der Waals surface area (Å²) in [6, 6.07) is 9.18. The lowest BCUT2D eigenvalue weighted by Crippen LogP contribution is -2.55. The summed E-state index contributed by atoms with van der Waals surface area (Å²) in [6.07, 6.45) is 6.49. The number of carboxylic acid groups (broad SMARTS) is 1. The van der Waals surface area contributed by atoms with Gasteiger partial charge in [-0.15, -0.1) is 0 Å². The molecule has 1 aromatic carbocycles. The number of hydrogen-bond donors (Lipinski definition) is 2. The van der Waals surface area contributed by atoms with Gasteiger partial charge in [0.05, 0.1) is 0 Å². The van der Waals surface area contributed by atoms with Crippen LogP contribution >= 0.6 is 11.6 Å². The Morgan fingerprint density at radius 1 is 1.22 bits per heavy atom.